The standard InChI is InChI=1S/C25H24N2O3/c1-4-12-30-25(29)24-18(3)27(16-20-7-5-6-19(13-20)15-26)23(28)14-22(24)21-10-8-17(2)9-11-21/h4-11,13,22H,1,12,14,16H2,2-3H3. The number of benzene rings is 2. The lowest BCUT2D eigenvalue weighted by Gasteiger charge is -2.34. The zero-order valence-electron chi connectivity index (χ0n) is 17.2. The first kappa shape index (κ1) is 21.1. The summed E-state index contributed by atoms with van der Waals surface area (Å²) < 4.78 is 5.35. The second kappa shape index (κ2) is 9.23. The van der Waals surface area contributed by atoms with Crippen LogP contribution in [0.15, 0.2) is 72.5 Å². The Labute approximate surface area is 176 Å². The van der Waals surface area contributed by atoms with Crippen molar-refractivity contribution in [3.05, 3.63) is 94.7 Å². The molecule has 0 saturated heterocycles. The van der Waals surface area contributed by atoms with Crippen LogP contribution in [0.4, 0.5) is 0 Å². The van der Waals surface area contributed by atoms with Crippen LogP contribution in [-0.2, 0) is 20.9 Å². The molecule has 0 bridgehead atoms. The molecule has 5 heteroatoms. The molecule has 0 N–H and O–H groups in total. The Bertz CT molecular complexity index is 1040. The maximum absolute atomic E-state index is 13.1. The van der Waals surface area contributed by atoms with Crippen molar-refractivity contribution in [1.29, 1.82) is 5.26 Å². The lowest BCUT2D eigenvalue weighted by atomic mass is 9.83. The van der Waals surface area contributed by atoms with E-state index >= 15 is 0 Å². The maximum Gasteiger partial charge on any atom is 0.336 e. The van der Waals surface area contributed by atoms with Crippen molar-refractivity contribution in [1.82, 2.24) is 4.90 Å². The molecule has 5 nitrogen and oxygen atoms in total. The van der Waals surface area contributed by atoms with Gasteiger partial charge in [-0.15, -0.1) is 0 Å². The lowest BCUT2D eigenvalue weighted by molar-refractivity contribution is -0.139. The van der Waals surface area contributed by atoms with Gasteiger partial charge in [-0.25, -0.2) is 4.79 Å². The van der Waals surface area contributed by atoms with E-state index in [0.717, 1.165) is 16.7 Å². The van der Waals surface area contributed by atoms with Crippen molar-refractivity contribution in [2.75, 3.05) is 6.61 Å². The average molecular weight is 400 g/mol. The summed E-state index contributed by atoms with van der Waals surface area (Å²) in [6.07, 6.45) is 1.70. The molecule has 1 aliphatic rings. The van der Waals surface area contributed by atoms with Gasteiger partial charge in [0.25, 0.3) is 0 Å². The largest absolute Gasteiger partial charge is 0.458 e. The summed E-state index contributed by atoms with van der Waals surface area (Å²) >= 11 is 0. The summed E-state index contributed by atoms with van der Waals surface area (Å²) in [6, 6.07) is 17.1. The molecule has 30 heavy (non-hydrogen) atoms. The van der Waals surface area contributed by atoms with Crippen LogP contribution in [-0.4, -0.2) is 23.4 Å². The smallest absolute Gasteiger partial charge is 0.336 e. The predicted molar refractivity (Wildman–Crippen MR) is 114 cm³/mol. The molecule has 0 spiro atoms. The summed E-state index contributed by atoms with van der Waals surface area (Å²) in [5.41, 5.74) is 4.43. The van der Waals surface area contributed by atoms with Gasteiger partial charge in [-0.3, -0.25) is 4.79 Å². The Balaban J connectivity index is 2.02. The first-order valence-corrected chi connectivity index (χ1v) is 9.79. The van der Waals surface area contributed by atoms with Crippen LogP contribution >= 0.6 is 0 Å². The van der Waals surface area contributed by atoms with E-state index < -0.39 is 5.97 Å². The van der Waals surface area contributed by atoms with Gasteiger partial charge in [0.15, 0.2) is 0 Å². The minimum absolute atomic E-state index is 0.0688. The molecule has 3 rings (SSSR count). The van der Waals surface area contributed by atoms with Gasteiger partial charge < -0.3 is 9.64 Å². The van der Waals surface area contributed by atoms with Crippen LogP contribution < -0.4 is 0 Å². The summed E-state index contributed by atoms with van der Waals surface area (Å²) in [5.74, 6) is -0.876. The molecule has 1 aliphatic heterocycles. The number of amides is 1. The zero-order valence-corrected chi connectivity index (χ0v) is 17.2. The van der Waals surface area contributed by atoms with Crippen LogP contribution in [0, 0.1) is 18.3 Å². The van der Waals surface area contributed by atoms with Crippen molar-refractivity contribution in [3.63, 3.8) is 0 Å². The average Bonchev–Trinajstić information content (AvgIpc) is 2.75. The van der Waals surface area contributed by atoms with Crippen LogP contribution in [0.2, 0.25) is 0 Å². The van der Waals surface area contributed by atoms with Crippen molar-refractivity contribution >= 4 is 11.9 Å². The van der Waals surface area contributed by atoms with Crippen molar-refractivity contribution in [2.24, 2.45) is 0 Å². The molecule has 0 fully saturated rings. The van der Waals surface area contributed by atoms with E-state index in [9.17, 15) is 9.59 Å². The number of rotatable bonds is 6. The quantitative estimate of drug-likeness (QED) is 0.533. The second-order valence-electron chi connectivity index (χ2n) is 7.35. The SMILES string of the molecule is C=CCOC(=O)C1=C(C)N(Cc2cccc(C#N)c2)C(=O)CC1c1ccc(C)cc1. The first-order chi connectivity index (χ1) is 14.4. The van der Waals surface area contributed by atoms with E-state index in [0.29, 0.717) is 23.4 Å². The zero-order chi connectivity index (χ0) is 21.7. The normalized spacial score (nSPS) is 16.2. The fourth-order valence-corrected chi connectivity index (χ4v) is 3.69. The monoisotopic (exact) mass is 400 g/mol. The molecule has 0 aliphatic carbocycles. The molecule has 152 valence electrons. The molecule has 2 aromatic rings. The molecule has 1 atom stereocenters. The van der Waals surface area contributed by atoms with Gasteiger partial charge >= 0.3 is 5.97 Å². The first-order valence-electron chi connectivity index (χ1n) is 9.79. The number of carbonyl (C=O) groups excluding carboxylic acids is 2. The van der Waals surface area contributed by atoms with Gasteiger partial charge in [0, 0.05) is 18.0 Å². The predicted octanol–water partition coefficient (Wildman–Crippen LogP) is 4.39. The highest BCUT2D eigenvalue weighted by Crippen LogP contribution is 2.37. The van der Waals surface area contributed by atoms with Crippen LogP contribution in [0.5, 0.6) is 0 Å². The molecule has 2 aromatic carbocycles. The highest BCUT2D eigenvalue weighted by molar-refractivity contribution is 5.95. The highest BCUT2D eigenvalue weighted by atomic mass is 16.5. The number of nitrogens with zero attached hydrogens (tertiary/aromatic N) is 2. The Morgan fingerprint density at radius 1 is 1.27 bits per heavy atom. The van der Waals surface area contributed by atoms with E-state index in [1.54, 1.807) is 30.0 Å². The Morgan fingerprint density at radius 3 is 2.67 bits per heavy atom. The van der Waals surface area contributed by atoms with Gasteiger partial charge in [0.2, 0.25) is 5.91 Å². The van der Waals surface area contributed by atoms with Crippen LogP contribution in [0.25, 0.3) is 0 Å². The summed E-state index contributed by atoms with van der Waals surface area (Å²) in [6.45, 7) is 7.76. The molecular weight excluding hydrogens is 376 g/mol. The minimum Gasteiger partial charge on any atom is -0.458 e. The third-order valence-electron chi connectivity index (χ3n) is 5.25. The molecule has 0 saturated carbocycles. The van der Waals surface area contributed by atoms with Crippen molar-refractivity contribution in [3.8, 4) is 6.07 Å². The molecule has 0 radical (unpaired) electrons. The van der Waals surface area contributed by atoms with Gasteiger partial charge in [-0.05, 0) is 37.1 Å². The summed E-state index contributed by atoms with van der Waals surface area (Å²) in [4.78, 5) is 27.6. The lowest BCUT2D eigenvalue weighted by Crippen LogP contribution is -2.38. The molecule has 1 amide bonds. The van der Waals surface area contributed by atoms with Crippen molar-refractivity contribution in [2.45, 2.75) is 32.7 Å². The summed E-state index contributed by atoms with van der Waals surface area (Å²) in [7, 11) is 0. The third-order valence-corrected chi connectivity index (χ3v) is 5.25. The van der Waals surface area contributed by atoms with Gasteiger partial charge in [0.1, 0.15) is 6.61 Å². The van der Waals surface area contributed by atoms with Crippen LogP contribution in [0.1, 0.15) is 41.5 Å². The Kier molecular flexibility index (Phi) is 6.48. The number of nitriles is 1. The number of hydrogen-bond acceptors (Lipinski definition) is 4. The number of ether oxygens (including phenoxy) is 1. The highest BCUT2D eigenvalue weighted by Gasteiger charge is 2.36. The number of carbonyl (C=O) groups is 2. The minimum atomic E-state index is -0.443. The van der Waals surface area contributed by atoms with Gasteiger partial charge in [-0.1, -0.05) is 54.6 Å². The number of aryl methyl sites for hydroxylation is 1. The van der Waals surface area contributed by atoms with E-state index in [1.165, 1.54) is 6.08 Å². The molecular formula is C25H24N2O3. The third kappa shape index (κ3) is 4.49. The Morgan fingerprint density at radius 2 is 2.00 bits per heavy atom. The number of hydrogen-bond donors (Lipinski definition) is 0. The molecule has 0 aromatic heterocycles. The van der Waals surface area contributed by atoms with Crippen molar-refractivity contribution < 1.29 is 14.3 Å². The maximum atomic E-state index is 13.1. The molecule has 1 heterocycles. The fraction of sp³-hybridized carbons (Fsp3) is 0.240. The van der Waals surface area contributed by atoms with E-state index in [1.807, 2.05) is 37.3 Å². The van der Waals surface area contributed by atoms with Crippen LogP contribution in [0.3, 0.4) is 0 Å². The second-order valence-corrected chi connectivity index (χ2v) is 7.35. The summed E-state index contributed by atoms with van der Waals surface area (Å²) in [5, 5.41) is 9.14. The molecule has 1 unspecified atom stereocenters. The van der Waals surface area contributed by atoms with E-state index in [2.05, 4.69) is 12.6 Å². The topological polar surface area (TPSA) is 70.4 Å². The van der Waals surface area contributed by atoms with E-state index in [-0.39, 0.29) is 24.9 Å². The number of allylic oxidation sites excluding steroid dienone is 1. The number of esters is 1. The fourth-order valence-electron chi connectivity index (χ4n) is 3.69. The Hall–Kier alpha value is -3.65. The van der Waals surface area contributed by atoms with Gasteiger partial charge in [-0.2, -0.15) is 5.26 Å². The van der Waals surface area contributed by atoms with E-state index in [4.69, 9.17) is 10.00 Å². The van der Waals surface area contributed by atoms with Gasteiger partial charge in [0.05, 0.1) is 23.8 Å².